The average Bonchev–Trinajstić information content (AvgIpc) is 2.65. The molecule has 92 valence electrons. The molecule has 0 amide bonds. The van der Waals surface area contributed by atoms with Crippen LogP contribution in [0.15, 0.2) is 12.4 Å². The first-order chi connectivity index (χ1) is 7.65. The van der Waals surface area contributed by atoms with Crippen LogP contribution in [-0.4, -0.2) is 34.7 Å². The zero-order valence-corrected chi connectivity index (χ0v) is 10.4. The van der Waals surface area contributed by atoms with Gasteiger partial charge in [-0.25, -0.2) is 0 Å². The number of aromatic nitrogens is 2. The third-order valence-electron chi connectivity index (χ3n) is 2.61. The van der Waals surface area contributed by atoms with Gasteiger partial charge >= 0.3 is 0 Å². The molecule has 0 fully saturated rings. The van der Waals surface area contributed by atoms with E-state index in [0.29, 0.717) is 18.9 Å². The van der Waals surface area contributed by atoms with Crippen LogP contribution in [-0.2, 0) is 17.7 Å². The molecule has 0 aromatic carbocycles. The molecule has 16 heavy (non-hydrogen) atoms. The molecule has 1 N–H and O–H groups in total. The molecule has 0 saturated heterocycles. The highest BCUT2D eigenvalue weighted by atomic mass is 16.5. The number of hydrogen-bond acceptors (Lipinski definition) is 3. The van der Waals surface area contributed by atoms with Crippen LogP contribution in [0.25, 0.3) is 0 Å². The molecule has 2 atom stereocenters. The molecule has 0 spiro atoms. The largest absolute Gasteiger partial charge is 0.393 e. The summed E-state index contributed by atoms with van der Waals surface area (Å²) in [5, 5.41) is 14.1. The Hall–Kier alpha value is -0.870. The molecule has 4 nitrogen and oxygen atoms in total. The predicted octanol–water partition coefficient (Wildman–Crippen LogP) is 1.48. The Labute approximate surface area is 97.2 Å². The topological polar surface area (TPSA) is 47.3 Å². The fourth-order valence-electron chi connectivity index (χ4n) is 1.86. The van der Waals surface area contributed by atoms with Gasteiger partial charge in [-0.15, -0.1) is 0 Å². The number of nitrogens with zero attached hydrogens (tertiary/aromatic N) is 2. The average molecular weight is 226 g/mol. The molecule has 4 heteroatoms. The van der Waals surface area contributed by atoms with Crippen molar-refractivity contribution in [3.05, 3.63) is 18.0 Å². The number of hydrogen-bond donors (Lipinski definition) is 1. The highest BCUT2D eigenvalue weighted by Gasteiger charge is 2.11. The monoisotopic (exact) mass is 226 g/mol. The van der Waals surface area contributed by atoms with Crippen molar-refractivity contribution in [2.45, 2.75) is 39.3 Å². The Bertz CT molecular complexity index is 299. The van der Waals surface area contributed by atoms with E-state index in [1.165, 1.54) is 0 Å². The first kappa shape index (κ1) is 13.2. The molecule has 2 unspecified atom stereocenters. The van der Waals surface area contributed by atoms with E-state index >= 15 is 0 Å². The lowest BCUT2D eigenvalue weighted by atomic mass is 10.0. The van der Waals surface area contributed by atoms with Crippen molar-refractivity contribution in [2.75, 3.05) is 13.7 Å². The molecule has 0 radical (unpaired) electrons. The number of aryl methyl sites for hydroxylation is 1. The third kappa shape index (κ3) is 4.33. The highest BCUT2D eigenvalue weighted by molar-refractivity contribution is 5.05. The zero-order chi connectivity index (χ0) is 12.0. The second-order valence-electron chi connectivity index (χ2n) is 4.36. The molecular formula is C12H22N2O2. The van der Waals surface area contributed by atoms with Gasteiger partial charge in [0.25, 0.3) is 0 Å². The van der Waals surface area contributed by atoms with E-state index in [9.17, 15) is 5.11 Å². The van der Waals surface area contributed by atoms with Gasteiger partial charge in [0.05, 0.1) is 12.3 Å². The molecule has 1 aromatic heterocycles. The van der Waals surface area contributed by atoms with Crippen LogP contribution in [0.4, 0.5) is 0 Å². The molecule has 0 aliphatic heterocycles. The SMILES string of the molecule is CCn1cc(CC(O)CC(C)COC)cn1. The Kier molecular flexibility index (Phi) is 5.49. The first-order valence-electron chi connectivity index (χ1n) is 5.84. The normalized spacial score (nSPS) is 15.0. The first-order valence-corrected chi connectivity index (χ1v) is 5.84. The van der Waals surface area contributed by atoms with Crippen molar-refractivity contribution >= 4 is 0 Å². The maximum Gasteiger partial charge on any atom is 0.0585 e. The summed E-state index contributed by atoms with van der Waals surface area (Å²) in [6.07, 6.45) is 4.96. The number of aliphatic hydroxyl groups is 1. The molecule has 0 saturated carbocycles. The van der Waals surface area contributed by atoms with Crippen molar-refractivity contribution in [2.24, 2.45) is 5.92 Å². The van der Waals surface area contributed by atoms with Crippen LogP contribution in [0.1, 0.15) is 25.8 Å². The molecule has 1 rings (SSSR count). The lowest BCUT2D eigenvalue weighted by Gasteiger charge is -2.14. The molecular weight excluding hydrogens is 204 g/mol. The van der Waals surface area contributed by atoms with Crippen molar-refractivity contribution in [3.8, 4) is 0 Å². The van der Waals surface area contributed by atoms with Gasteiger partial charge in [-0.05, 0) is 24.8 Å². The summed E-state index contributed by atoms with van der Waals surface area (Å²) in [5.41, 5.74) is 1.10. The van der Waals surface area contributed by atoms with Crippen molar-refractivity contribution < 1.29 is 9.84 Å². The maximum absolute atomic E-state index is 9.89. The standard InChI is InChI=1S/C12H22N2O2/c1-4-14-8-11(7-13-14)6-12(15)5-10(2)9-16-3/h7-8,10,12,15H,4-6,9H2,1-3H3. The van der Waals surface area contributed by atoms with E-state index in [-0.39, 0.29) is 6.10 Å². The summed E-state index contributed by atoms with van der Waals surface area (Å²) >= 11 is 0. The summed E-state index contributed by atoms with van der Waals surface area (Å²) in [5.74, 6) is 0.390. The van der Waals surface area contributed by atoms with Gasteiger partial charge in [0.2, 0.25) is 0 Å². The van der Waals surface area contributed by atoms with Crippen LogP contribution in [0.2, 0.25) is 0 Å². The van der Waals surface area contributed by atoms with Crippen LogP contribution in [0, 0.1) is 5.92 Å². The van der Waals surface area contributed by atoms with E-state index in [1.54, 1.807) is 7.11 Å². The number of rotatable bonds is 7. The van der Waals surface area contributed by atoms with Crippen molar-refractivity contribution in [1.29, 1.82) is 0 Å². The molecule has 0 aliphatic rings. The molecule has 0 aliphatic carbocycles. The third-order valence-corrected chi connectivity index (χ3v) is 2.61. The van der Waals surface area contributed by atoms with E-state index in [0.717, 1.165) is 18.5 Å². The van der Waals surface area contributed by atoms with Gasteiger partial charge in [-0.1, -0.05) is 6.92 Å². The van der Waals surface area contributed by atoms with E-state index in [4.69, 9.17) is 4.74 Å². The maximum atomic E-state index is 9.89. The minimum Gasteiger partial charge on any atom is -0.393 e. The van der Waals surface area contributed by atoms with Gasteiger partial charge in [-0.2, -0.15) is 5.10 Å². The predicted molar refractivity (Wildman–Crippen MR) is 63.3 cm³/mol. The number of methoxy groups -OCH3 is 1. The number of ether oxygens (including phenoxy) is 1. The van der Waals surface area contributed by atoms with Crippen LogP contribution in [0.5, 0.6) is 0 Å². The second-order valence-corrected chi connectivity index (χ2v) is 4.36. The number of aliphatic hydroxyl groups excluding tert-OH is 1. The molecule has 1 heterocycles. The van der Waals surface area contributed by atoms with Crippen LogP contribution >= 0.6 is 0 Å². The van der Waals surface area contributed by atoms with Crippen molar-refractivity contribution in [3.63, 3.8) is 0 Å². The summed E-state index contributed by atoms with van der Waals surface area (Å²) in [4.78, 5) is 0. The fourth-order valence-corrected chi connectivity index (χ4v) is 1.86. The fraction of sp³-hybridized carbons (Fsp3) is 0.750. The molecule has 0 bridgehead atoms. The quantitative estimate of drug-likeness (QED) is 0.766. The lowest BCUT2D eigenvalue weighted by molar-refractivity contribution is 0.102. The molecule has 1 aromatic rings. The van der Waals surface area contributed by atoms with E-state index in [2.05, 4.69) is 12.0 Å². The minimum absolute atomic E-state index is 0.306. The van der Waals surface area contributed by atoms with E-state index < -0.39 is 0 Å². The van der Waals surface area contributed by atoms with Gasteiger partial charge in [0.1, 0.15) is 0 Å². The van der Waals surface area contributed by atoms with E-state index in [1.807, 2.05) is 24.0 Å². The lowest BCUT2D eigenvalue weighted by Crippen LogP contribution is -2.17. The van der Waals surface area contributed by atoms with Gasteiger partial charge in [0, 0.05) is 32.9 Å². The Morgan fingerprint density at radius 2 is 2.31 bits per heavy atom. The Morgan fingerprint density at radius 3 is 2.88 bits per heavy atom. The van der Waals surface area contributed by atoms with Gasteiger partial charge in [-0.3, -0.25) is 4.68 Å². The van der Waals surface area contributed by atoms with Crippen LogP contribution < -0.4 is 0 Å². The minimum atomic E-state index is -0.306. The Morgan fingerprint density at radius 1 is 1.56 bits per heavy atom. The van der Waals surface area contributed by atoms with Gasteiger partial charge in [0.15, 0.2) is 0 Å². The van der Waals surface area contributed by atoms with Gasteiger partial charge < -0.3 is 9.84 Å². The van der Waals surface area contributed by atoms with Crippen LogP contribution in [0.3, 0.4) is 0 Å². The second kappa shape index (κ2) is 6.66. The summed E-state index contributed by atoms with van der Waals surface area (Å²) in [7, 11) is 1.69. The summed E-state index contributed by atoms with van der Waals surface area (Å²) in [6.45, 7) is 5.71. The smallest absolute Gasteiger partial charge is 0.0585 e. The summed E-state index contributed by atoms with van der Waals surface area (Å²) < 4.78 is 6.92. The van der Waals surface area contributed by atoms with Crippen molar-refractivity contribution in [1.82, 2.24) is 9.78 Å². The summed E-state index contributed by atoms with van der Waals surface area (Å²) in [6, 6.07) is 0. The highest BCUT2D eigenvalue weighted by Crippen LogP contribution is 2.11. The zero-order valence-electron chi connectivity index (χ0n) is 10.4. The Balaban J connectivity index is 2.35.